The first-order valence-electron chi connectivity index (χ1n) is 7.79. The molecule has 1 aliphatic rings. The first-order chi connectivity index (χ1) is 9.71. The molecule has 5 heteroatoms. The van der Waals surface area contributed by atoms with Crippen LogP contribution < -0.4 is 5.32 Å². The summed E-state index contributed by atoms with van der Waals surface area (Å²) in [5, 5.41) is 18.4. The van der Waals surface area contributed by atoms with Crippen LogP contribution in [0.5, 0.6) is 0 Å². The Morgan fingerprint density at radius 2 is 2.10 bits per heavy atom. The zero-order chi connectivity index (χ0) is 14.5. The summed E-state index contributed by atoms with van der Waals surface area (Å²) in [4.78, 5) is 0. The van der Waals surface area contributed by atoms with Crippen LogP contribution in [0, 0.1) is 5.92 Å². The van der Waals surface area contributed by atoms with Gasteiger partial charge in [-0.3, -0.25) is 4.68 Å². The molecule has 0 radical (unpaired) electrons. The molecule has 2 atom stereocenters. The van der Waals surface area contributed by atoms with Crippen LogP contribution in [0.4, 0.5) is 0 Å². The number of aliphatic hydroxyl groups excluding tert-OH is 1. The van der Waals surface area contributed by atoms with Crippen LogP contribution in [-0.2, 0) is 19.5 Å². The van der Waals surface area contributed by atoms with Gasteiger partial charge in [0.1, 0.15) is 0 Å². The normalized spacial score (nSPS) is 23.2. The average Bonchev–Trinajstić information content (AvgIpc) is 2.81. The third-order valence-corrected chi connectivity index (χ3v) is 4.81. The Labute approximate surface area is 126 Å². The van der Waals surface area contributed by atoms with Gasteiger partial charge in [0, 0.05) is 25.7 Å². The van der Waals surface area contributed by atoms with E-state index >= 15 is 0 Å². The van der Waals surface area contributed by atoms with E-state index in [4.69, 9.17) is 11.6 Å². The zero-order valence-corrected chi connectivity index (χ0v) is 13.3. The van der Waals surface area contributed by atoms with Crippen molar-refractivity contribution in [2.24, 2.45) is 5.92 Å². The number of halogens is 1. The van der Waals surface area contributed by atoms with E-state index < -0.39 is 0 Å². The molecule has 1 aliphatic carbocycles. The number of aromatic nitrogens is 2. The van der Waals surface area contributed by atoms with Crippen molar-refractivity contribution in [1.82, 2.24) is 15.1 Å². The molecule has 1 saturated carbocycles. The Kier molecular flexibility index (Phi) is 5.87. The lowest BCUT2D eigenvalue weighted by molar-refractivity contribution is 0.152. The topological polar surface area (TPSA) is 50.1 Å². The van der Waals surface area contributed by atoms with Crippen LogP contribution >= 0.6 is 11.6 Å². The number of hydrogen-bond donors (Lipinski definition) is 2. The van der Waals surface area contributed by atoms with E-state index in [1.165, 1.54) is 12.8 Å². The molecule has 0 saturated heterocycles. The fourth-order valence-corrected chi connectivity index (χ4v) is 3.44. The molecule has 2 unspecified atom stereocenters. The number of nitrogens with one attached hydrogen (secondary N) is 1. The van der Waals surface area contributed by atoms with Crippen LogP contribution in [0.15, 0.2) is 0 Å². The molecule has 114 valence electrons. The Morgan fingerprint density at radius 3 is 2.75 bits per heavy atom. The SMILES string of the molecule is CCc1nn(CC)c(CNC2CCCCC2CO)c1Cl. The van der Waals surface area contributed by atoms with E-state index in [9.17, 15) is 5.11 Å². The van der Waals surface area contributed by atoms with Crippen molar-refractivity contribution in [3.63, 3.8) is 0 Å². The third kappa shape index (κ3) is 3.35. The predicted octanol–water partition coefficient (Wildman–Crippen LogP) is 2.76. The Bertz CT molecular complexity index is 433. The average molecular weight is 300 g/mol. The summed E-state index contributed by atoms with van der Waals surface area (Å²) < 4.78 is 1.99. The number of aliphatic hydroxyl groups is 1. The molecule has 1 heterocycles. The zero-order valence-electron chi connectivity index (χ0n) is 12.5. The van der Waals surface area contributed by atoms with Gasteiger partial charge in [-0.25, -0.2) is 0 Å². The van der Waals surface area contributed by atoms with E-state index in [0.717, 1.165) is 48.8 Å². The highest BCUT2D eigenvalue weighted by molar-refractivity contribution is 6.31. The predicted molar refractivity (Wildman–Crippen MR) is 82.0 cm³/mol. The molecule has 4 nitrogen and oxygen atoms in total. The minimum atomic E-state index is 0.276. The molecule has 1 fully saturated rings. The van der Waals surface area contributed by atoms with Crippen molar-refractivity contribution in [3.8, 4) is 0 Å². The van der Waals surface area contributed by atoms with Crippen LogP contribution in [0.25, 0.3) is 0 Å². The fourth-order valence-electron chi connectivity index (χ4n) is 3.11. The van der Waals surface area contributed by atoms with E-state index in [-0.39, 0.29) is 6.61 Å². The minimum absolute atomic E-state index is 0.276. The van der Waals surface area contributed by atoms with E-state index in [1.54, 1.807) is 0 Å². The van der Waals surface area contributed by atoms with Gasteiger partial charge in [-0.05, 0) is 32.1 Å². The lowest BCUT2D eigenvalue weighted by atomic mass is 9.85. The second kappa shape index (κ2) is 7.43. The smallest absolute Gasteiger partial charge is 0.0863 e. The standard InChI is InChI=1S/C15H26ClN3O/c1-3-12-15(16)14(19(4-2)18-12)9-17-13-8-6-5-7-11(13)10-20/h11,13,17,20H,3-10H2,1-2H3. The Balaban J connectivity index is 2.04. The molecule has 0 amide bonds. The van der Waals surface area contributed by atoms with Gasteiger partial charge >= 0.3 is 0 Å². The Morgan fingerprint density at radius 1 is 1.35 bits per heavy atom. The van der Waals surface area contributed by atoms with Crippen molar-refractivity contribution in [1.29, 1.82) is 0 Å². The minimum Gasteiger partial charge on any atom is -0.396 e. The molecule has 1 aromatic heterocycles. The number of aryl methyl sites for hydroxylation is 2. The van der Waals surface area contributed by atoms with Crippen LogP contribution in [-0.4, -0.2) is 27.5 Å². The van der Waals surface area contributed by atoms with Crippen molar-refractivity contribution in [2.75, 3.05) is 6.61 Å². The molecule has 0 spiro atoms. The summed E-state index contributed by atoms with van der Waals surface area (Å²) in [6.07, 6.45) is 5.60. The summed E-state index contributed by atoms with van der Waals surface area (Å²) in [6.45, 7) is 6.02. The molecule has 2 N–H and O–H groups in total. The lowest BCUT2D eigenvalue weighted by Gasteiger charge is -2.31. The van der Waals surface area contributed by atoms with Gasteiger partial charge in [-0.15, -0.1) is 0 Å². The summed E-state index contributed by atoms with van der Waals surface area (Å²) in [7, 11) is 0. The van der Waals surface area contributed by atoms with Gasteiger partial charge in [0.15, 0.2) is 0 Å². The van der Waals surface area contributed by atoms with E-state index in [0.29, 0.717) is 12.0 Å². The van der Waals surface area contributed by atoms with Crippen LogP contribution in [0.2, 0.25) is 5.02 Å². The summed E-state index contributed by atoms with van der Waals surface area (Å²) in [5.41, 5.74) is 2.06. The number of hydrogen-bond acceptors (Lipinski definition) is 3. The maximum Gasteiger partial charge on any atom is 0.0863 e. The number of rotatable bonds is 6. The van der Waals surface area contributed by atoms with E-state index in [2.05, 4.69) is 24.3 Å². The van der Waals surface area contributed by atoms with Crippen molar-refractivity contribution in [3.05, 3.63) is 16.4 Å². The monoisotopic (exact) mass is 299 g/mol. The van der Waals surface area contributed by atoms with Gasteiger partial charge in [-0.1, -0.05) is 31.4 Å². The summed E-state index contributed by atoms with van der Waals surface area (Å²) >= 11 is 6.42. The highest BCUT2D eigenvalue weighted by atomic mass is 35.5. The number of nitrogens with zero attached hydrogens (tertiary/aromatic N) is 2. The molecule has 2 rings (SSSR count). The molecule has 0 bridgehead atoms. The highest BCUT2D eigenvalue weighted by Gasteiger charge is 2.25. The largest absolute Gasteiger partial charge is 0.396 e. The first-order valence-corrected chi connectivity index (χ1v) is 8.17. The molecule has 0 aliphatic heterocycles. The van der Waals surface area contributed by atoms with Crippen LogP contribution in [0.1, 0.15) is 50.9 Å². The quantitative estimate of drug-likeness (QED) is 0.849. The summed E-state index contributed by atoms with van der Waals surface area (Å²) in [6, 6.07) is 0.398. The highest BCUT2D eigenvalue weighted by Crippen LogP contribution is 2.26. The van der Waals surface area contributed by atoms with Gasteiger partial charge in [0.2, 0.25) is 0 Å². The van der Waals surface area contributed by atoms with Crippen molar-refractivity contribution in [2.45, 2.75) is 65.1 Å². The maximum absolute atomic E-state index is 9.47. The molecule has 1 aromatic rings. The summed E-state index contributed by atoms with van der Waals surface area (Å²) in [5.74, 6) is 0.381. The second-order valence-electron chi connectivity index (χ2n) is 5.59. The van der Waals surface area contributed by atoms with Gasteiger partial charge in [0.05, 0.1) is 16.4 Å². The third-order valence-electron chi connectivity index (χ3n) is 4.37. The van der Waals surface area contributed by atoms with Gasteiger partial charge < -0.3 is 10.4 Å². The maximum atomic E-state index is 9.47. The molecular formula is C15H26ClN3O. The van der Waals surface area contributed by atoms with Gasteiger partial charge in [-0.2, -0.15) is 5.10 Å². The van der Waals surface area contributed by atoms with Crippen molar-refractivity contribution >= 4 is 11.6 Å². The van der Waals surface area contributed by atoms with Gasteiger partial charge in [0.25, 0.3) is 0 Å². The fraction of sp³-hybridized carbons (Fsp3) is 0.800. The molecular weight excluding hydrogens is 274 g/mol. The van der Waals surface area contributed by atoms with Crippen LogP contribution in [0.3, 0.4) is 0 Å². The second-order valence-corrected chi connectivity index (χ2v) is 5.97. The molecule has 0 aromatic carbocycles. The molecule has 20 heavy (non-hydrogen) atoms. The Hall–Kier alpha value is -0.580. The lowest BCUT2D eigenvalue weighted by Crippen LogP contribution is -2.40. The van der Waals surface area contributed by atoms with E-state index in [1.807, 2.05) is 4.68 Å². The first kappa shape index (κ1) is 15.8. The van der Waals surface area contributed by atoms with Crippen molar-refractivity contribution < 1.29 is 5.11 Å².